The zero-order valence-electron chi connectivity index (χ0n) is 10.2. The number of benzene rings is 2. The Morgan fingerprint density at radius 2 is 1.78 bits per heavy atom. The van der Waals surface area contributed by atoms with Gasteiger partial charge in [0.2, 0.25) is 0 Å². The van der Waals surface area contributed by atoms with Crippen molar-refractivity contribution in [1.82, 2.24) is 0 Å². The van der Waals surface area contributed by atoms with Crippen LogP contribution >= 0.6 is 50.1 Å². The molecule has 1 atom stereocenters. The predicted octanol–water partition coefficient (Wildman–Crippen LogP) is 6.00. The van der Waals surface area contributed by atoms with Gasteiger partial charge in [-0.3, -0.25) is 0 Å². The number of rotatable bonds is 2. The van der Waals surface area contributed by atoms with E-state index < -0.39 is 0 Å². The SMILES string of the molecule is Cc1ccc(C(Cl)c2cc(Br)ccc2I)c(C)c1. The van der Waals surface area contributed by atoms with E-state index in [-0.39, 0.29) is 5.38 Å². The summed E-state index contributed by atoms with van der Waals surface area (Å²) in [6.07, 6.45) is 0. The summed E-state index contributed by atoms with van der Waals surface area (Å²) in [5, 5.41) is -0.102. The minimum absolute atomic E-state index is 0.102. The van der Waals surface area contributed by atoms with E-state index in [0.717, 1.165) is 10.0 Å². The highest BCUT2D eigenvalue weighted by molar-refractivity contribution is 14.1. The lowest BCUT2D eigenvalue weighted by Gasteiger charge is -2.15. The molecular formula is C15H13BrClI. The summed E-state index contributed by atoms with van der Waals surface area (Å²) in [5.41, 5.74) is 4.84. The van der Waals surface area contributed by atoms with Gasteiger partial charge in [-0.2, -0.15) is 0 Å². The van der Waals surface area contributed by atoms with E-state index >= 15 is 0 Å². The van der Waals surface area contributed by atoms with Crippen LogP contribution in [0.4, 0.5) is 0 Å². The molecule has 0 amide bonds. The van der Waals surface area contributed by atoms with Gasteiger partial charge in [-0.15, -0.1) is 11.6 Å². The van der Waals surface area contributed by atoms with Gasteiger partial charge in [0.1, 0.15) is 0 Å². The van der Waals surface area contributed by atoms with Crippen molar-refractivity contribution >= 4 is 50.1 Å². The third-order valence-electron chi connectivity index (χ3n) is 2.93. The molecule has 0 heterocycles. The van der Waals surface area contributed by atoms with Crippen LogP contribution in [0.5, 0.6) is 0 Å². The van der Waals surface area contributed by atoms with Crippen LogP contribution in [0.1, 0.15) is 27.6 Å². The van der Waals surface area contributed by atoms with Crippen molar-refractivity contribution in [2.75, 3.05) is 0 Å². The van der Waals surface area contributed by atoms with E-state index in [1.807, 2.05) is 6.07 Å². The second kappa shape index (κ2) is 5.93. The molecule has 2 aromatic carbocycles. The van der Waals surface area contributed by atoms with Crippen molar-refractivity contribution in [3.63, 3.8) is 0 Å². The molecule has 2 rings (SSSR count). The van der Waals surface area contributed by atoms with Crippen LogP contribution in [0.3, 0.4) is 0 Å². The molecule has 0 aliphatic heterocycles. The molecule has 2 aromatic rings. The summed E-state index contributed by atoms with van der Waals surface area (Å²) >= 11 is 12.5. The lowest BCUT2D eigenvalue weighted by atomic mass is 9.98. The molecule has 0 radical (unpaired) electrons. The fraction of sp³-hybridized carbons (Fsp3) is 0.200. The highest BCUT2D eigenvalue weighted by Crippen LogP contribution is 2.35. The molecular weight excluding hydrogens is 422 g/mol. The molecule has 0 saturated carbocycles. The van der Waals surface area contributed by atoms with E-state index in [1.165, 1.54) is 20.3 Å². The van der Waals surface area contributed by atoms with Crippen LogP contribution in [0, 0.1) is 17.4 Å². The van der Waals surface area contributed by atoms with Crippen LogP contribution < -0.4 is 0 Å². The van der Waals surface area contributed by atoms with E-state index in [4.69, 9.17) is 11.6 Å². The topological polar surface area (TPSA) is 0 Å². The summed E-state index contributed by atoms with van der Waals surface area (Å²) in [7, 11) is 0. The van der Waals surface area contributed by atoms with E-state index in [0.29, 0.717) is 0 Å². The average molecular weight is 436 g/mol. The molecule has 0 saturated heterocycles. The van der Waals surface area contributed by atoms with Crippen LogP contribution in [0.2, 0.25) is 0 Å². The minimum atomic E-state index is -0.102. The maximum Gasteiger partial charge on any atom is 0.0848 e. The summed E-state index contributed by atoms with van der Waals surface area (Å²) in [6.45, 7) is 4.21. The van der Waals surface area contributed by atoms with Gasteiger partial charge in [-0.25, -0.2) is 0 Å². The first-order valence-corrected chi connectivity index (χ1v) is 7.96. The Hall–Kier alpha value is -0.0600. The maximum atomic E-state index is 6.64. The Labute approximate surface area is 135 Å². The number of hydrogen-bond acceptors (Lipinski definition) is 0. The van der Waals surface area contributed by atoms with Crippen LogP contribution in [-0.4, -0.2) is 0 Å². The molecule has 18 heavy (non-hydrogen) atoms. The Bertz CT molecular complexity index is 581. The van der Waals surface area contributed by atoms with Crippen molar-refractivity contribution in [1.29, 1.82) is 0 Å². The van der Waals surface area contributed by atoms with Crippen molar-refractivity contribution in [2.24, 2.45) is 0 Å². The maximum absolute atomic E-state index is 6.64. The highest BCUT2D eigenvalue weighted by atomic mass is 127. The third kappa shape index (κ3) is 3.09. The third-order valence-corrected chi connectivity index (χ3v) is 4.88. The van der Waals surface area contributed by atoms with Crippen molar-refractivity contribution in [3.8, 4) is 0 Å². The Balaban J connectivity index is 2.47. The molecule has 0 aliphatic carbocycles. The zero-order chi connectivity index (χ0) is 13.3. The lowest BCUT2D eigenvalue weighted by molar-refractivity contribution is 1.09. The minimum Gasteiger partial charge on any atom is -0.113 e. The molecule has 94 valence electrons. The first-order chi connectivity index (χ1) is 8.49. The van der Waals surface area contributed by atoms with Gasteiger partial charge in [0.05, 0.1) is 5.38 Å². The van der Waals surface area contributed by atoms with Gasteiger partial charge in [0.25, 0.3) is 0 Å². The van der Waals surface area contributed by atoms with Gasteiger partial charge in [-0.1, -0.05) is 39.7 Å². The quantitative estimate of drug-likeness (QED) is 0.401. The largest absolute Gasteiger partial charge is 0.113 e. The fourth-order valence-electron chi connectivity index (χ4n) is 1.99. The van der Waals surface area contributed by atoms with Gasteiger partial charge >= 0.3 is 0 Å². The molecule has 0 aliphatic rings. The van der Waals surface area contributed by atoms with Gasteiger partial charge in [0.15, 0.2) is 0 Å². The van der Waals surface area contributed by atoms with Crippen molar-refractivity contribution in [2.45, 2.75) is 19.2 Å². The van der Waals surface area contributed by atoms with Gasteiger partial charge in [0, 0.05) is 8.04 Å². The van der Waals surface area contributed by atoms with Crippen molar-refractivity contribution < 1.29 is 0 Å². The second-order valence-corrected chi connectivity index (χ2v) is 6.90. The number of halogens is 3. The molecule has 0 nitrogen and oxygen atoms in total. The predicted molar refractivity (Wildman–Crippen MR) is 90.5 cm³/mol. The van der Waals surface area contributed by atoms with E-state index in [2.05, 4.69) is 82.7 Å². The Morgan fingerprint density at radius 3 is 2.44 bits per heavy atom. The summed E-state index contributed by atoms with van der Waals surface area (Å²) in [4.78, 5) is 0. The smallest absolute Gasteiger partial charge is 0.0848 e. The highest BCUT2D eigenvalue weighted by Gasteiger charge is 2.16. The summed E-state index contributed by atoms with van der Waals surface area (Å²) in [6, 6.07) is 12.6. The zero-order valence-corrected chi connectivity index (χ0v) is 14.7. The lowest BCUT2D eigenvalue weighted by Crippen LogP contribution is -1.99. The van der Waals surface area contributed by atoms with Crippen molar-refractivity contribution in [3.05, 3.63) is 66.7 Å². The number of aryl methyl sites for hydroxylation is 2. The van der Waals surface area contributed by atoms with Gasteiger partial charge in [-0.05, 0) is 71.3 Å². The number of hydrogen-bond donors (Lipinski definition) is 0. The molecule has 0 spiro atoms. The number of alkyl halides is 1. The van der Waals surface area contributed by atoms with Crippen LogP contribution in [0.25, 0.3) is 0 Å². The first-order valence-electron chi connectivity index (χ1n) is 5.65. The Morgan fingerprint density at radius 1 is 1.06 bits per heavy atom. The standard InChI is InChI=1S/C15H13BrClI/c1-9-3-5-12(10(2)7-9)15(17)13-8-11(16)4-6-14(13)18/h3-8,15H,1-2H3. The first kappa shape index (κ1) is 14.4. The van der Waals surface area contributed by atoms with E-state index in [9.17, 15) is 0 Å². The van der Waals surface area contributed by atoms with Crippen LogP contribution in [-0.2, 0) is 0 Å². The normalized spacial score (nSPS) is 12.5. The van der Waals surface area contributed by atoms with Crippen LogP contribution in [0.15, 0.2) is 40.9 Å². The molecule has 3 heteroatoms. The molecule has 0 bridgehead atoms. The molecule has 0 fully saturated rings. The van der Waals surface area contributed by atoms with E-state index in [1.54, 1.807) is 0 Å². The molecule has 1 unspecified atom stereocenters. The molecule has 0 aromatic heterocycles. The van der Waals surface area contributed by atoms with Gasteiger partial charge < -0.3 is 0 Å². The summed E-state index contributed by atoms with van der Waals surface area (Å²) < 4.78 is 2.25. The Kier molecular flexibility index (Phi) is 4.73. The second-order valence-electron chi connectivity index (χ2n) is 4.39. The average Bonchev–Trinajstić information content (AvgIpc) is 2.31. The summed E-state index contributed by atoms with van der Waals surface area (Å²) in [5.74, 6) is 0. The molecule has 0 N–H and O–H groups in total. The fourth-order valence-corrected chi connectivity index (χ4v) is 3.62. The monoisotopic (exact) mass is 434 g/mol.